The molecule has 5 heterocycles. The van der Waals surface area contributed by atoms with Crippen molar-refractivity contribution in [3.63, 3.8) is 0 Å². The van der Waals surface area contributed by atoms with Gasteiger partial charge in [-0.3, -0.25) is 15.1 Å². The highest BCUT2D eigenvalue weighted by atomic mass is 32.1. The predicted molar refractivity (Wildman–Crippen MR) is 154 cm³/mol. The molecule has 0 atom stereocenters. The summed E-state index contributed by atoms with van der Waals surface area (Å²) < 4.78 is 16.1. The van der Waals surface area contributed by atoms with Crippen molar-refractivity contribution in [2.45, 2.75) is 33.6 Å². The normalized spacial score (nSPS) is 12.4. The molecule has 5 aromatic heterocycles. The van der Waals surface area contributed by atoms with Crippen LogP contribution >= 0.6 is 11.3 Å². The Hall–Kier alpha value is -4.37. The molecule has 0 saturated carbocycles. The first-order valence-electron chi connectivity index (χ1n) is 12.3. The minimum absolute atomic E-state index is 0.206. The van der Waals surface area contributed by atoms with Crippen molar-refractivity contribution in [3.8, 4) is 22.1 Å². The molecule has 9 heteroatoms. The lowest BCUT2D eigenvalue weighted by molar-refractivity contribution is 0.630. The number of aryl methyl sites for hydroxylation is 1. The van der Waals surface area contributed by atoms with Gasteiger partial charge in [-0.1, -0.05) is 32.6 Å². The fourth-order valence-corrected chi connectivity index (χ4v) is 5.17. The summed E-state index contributed by atoms with van der Waals surface area (Å²) in [7, 11) is 0. The van der Waals surface area contributed by atoms with Gasteiger partial charge < -0.3 is 10.3 Å². The van der Waals surface area contributed by atoms with Crippen LogP contribution in [0.2, 0.25) is 0 Å². The number of nitrogens with one attached hydrogen (secondary N) is 3. The first kappa shape index (κ1) is 25.3. The van der Waals surface area contributed by atoms with E-state index in [1.807, 2.05) is 31.2 Å². The average molecular weight is 526 g/mol. The molecular weight excluding hydrogens is 497 g/mol. The van der Waals surface area contributed by atoms with Crippen LogP contribution in [-0.4, -0.2) is 30.1 Å². The van der Waals surface area contributed by atoms with Gasteiger partial charge in [0.15, 0.2) is 11.6 Å². The van der Waals surface area contributed by atoms with Gasteiger partial charge in [-0.25, -0.2) is 9.37 Å². The number of hydrogen-bond acceptors (Lipinski definition) is 6. The van der Waals surface area contributed by atoms with E-state index in [9.17, 15) is 0 Å². The highest BCUT2D eigenvalue weighted by Gasteiger charge is 2.22. The van der Waals surface area contributed by atoms with Gasteiger partial charge in [0.05, 0.1) is 27.5 Å². The number of halogens is 1. The zero-order chi connectivity index (χ0) is 26.8. The van der Waals surface area contributed by atoms with Gasteiger partial charge in [0.25, 0.3) is 0 Å². The number of thiophene rings is 1. The molecule has 192 valence electrons. The SMILES string of the molecule is C=C/C(=C\C(=C/C)c1ncc2[nH]nc(-c3nc4c(-c5ccc(C)s5)nccc4[nH]3)c2c1F)NC(=C)CCC. The van der Waals surface area contributed by atoms with Gasteiger partial charge >= 0.3 is 0 Å². The molecular formula is C29H28FN7S. The van der Waals surface area contributed by atoms with Gasteiger partial charge in [0.2, 0.25) is 0 Å². The van der Waals surface area contributed by atoms with Gasteiger partial charge in [-0.15, -0.1) is 11.3 Å². The summed E-state index contributed by atoms with van der Waals surface area (Å²) in [6.07, 6.45) is 10.4. The van der Waals surface area contributed by atoms with Crippen molar-refractivity contribution in [1.82, 2.24) is 35.5 Å². The smallest absolute Gasteiger partial charge is 0.161 e. The van der Waals surface area contributed by atoms with Crippen LogP contribution in [0, 0.1) is 12.7 Å². The van der Waals surface area contributed by atoms with E-state index in [1.165, 1.54) is 4.88 Å². The molecule has 3 N–H and O–H groups in total. The Morgan fingerprint density at radius 2 is 2.03 bits per heavy atom. The molecule has 0 spiro atoms. The molecule has 0 fully saturated rings. The van der Waals surface area contributed by atoms with Crippen LogP contribution in [0.3, 0.4) is 0 Å². The Labute approximate surface area is 224 Å². The van der Waals surface area contributed by atoms with Crippen LogP contribution in [0.25, 0.3) is 49.6 Å². The molecule has 0 aliphatic heterocycles. The summed E-state index contributed by atoms with van der Waals surface area (Å²) in [5, 5.41) is 10.9. The number of aromatic nitrogens is 6. The molecule has 0 aliphatic carbocycles. The number of imidazole rings is 1. The molecule has 0 unspecified atom stereocenters. The van der Waals surface area contributed by atoms with Gasteiger partial charge in [0.1, 0.15) is 22.6 Å². The number of rotatable bonds is 9. The van der Waals surface area contributed by atoms with Gasteiger partial charge in [-0.05, 0) is 50.6 Å². The number of allylic oxidation sites excluding steroid dienone is 5. The molecule has 0 radical (unpaired) electrons. The molecule has 0 aromatic carbocycles. The van der Waals surface area contributed by atoms with E-state index >= 15 is 4.39 Å². The van der Waals surface area contributed by atoms with Crippen LogP contribution < -0.4 is 5.32 Å². The number of nitrogens with zero attached hydrogens (tertiary/aromatic N) is 4. The third-order valence-electron chi connectivity index (χ3n) is 6.13. The summed E-state index contributed by atoms with van der Waals surface area (Å²) in [5.74, 6) is -0.0363. The van der Waals surface area contributed by atoms with Crippen LogP contribution in [0.15, 0.2) is 73.4 Å². The molecule has 7 nitrogen and oxygen atoms in total. The maximum absolute atomic E-state index is 16.1. The van der Waals surface area contributed by atoms with E-state index < -0.39 is 5.82 Å². The van der Waals surface area contributed by atoms with Gasteiger partial charge in [0, 0.05) is 28.0 Å². The molecule has 0 amide bonds. The minimum atomic E-state index is -0.487. The summed E-state index contributed by atoms with van der Waals surface area (Å²) in [6, 6.07) is 5.94. The topological polar surface area (TPSA) is 95.2 Å². The fourth-order valence-electron chi connectivity index (χ4n) is 4.31. The Balaban J connectivity index is 1.59. The molecule has 5 rings (SSSR count). The van der Waals surface area contributed by atoms with E-state index in [0.717, 1.165) is 34.6 Å². The minimum Gasteiger partial charge on any atom is -0.359 e. The number of hydrogen-bond donors (Lipinski definition) is 3. The molecule has 38 heavy (non-hydrogen) atoms. The zero-order valence-electron chi connectivity index (χ0n) is 21.5. The maximum Gasteiger partial charge on any atom is 0.161 e. The monoisotopic (exact) mass is 525 g/mol. The lowest BCUT2D eigenvalue weighted by Gasteiger charge is -2.11. The highest BCUT2D eigenvalue weighted by Crippen LogP contribution is 2.35. The highest BCUT2D eigenvalue weighted by molar-refractivity contribution is 7.15. The average Bonchev–Trinajstić information content (AvgIpc) is 3.65. The lowest BCUT2D eigenvalue weighted by Crippen LogP contribution is -2.10. The number of pyridine rings is 2. The van der Waals surface area contributed by atoms with Gasteiger partial charge in [-0.2, -0.15) is 5.10 Å². The molecule has 5 aromatic rings. The van der Waals surface area contributed by atoms with Crippen molar-refractivity contribution >= 4 is 38.8 Å². The lowest BCUT2D eigenvalue weighted by atomic mass is 10.1. The fraction of sp³-hybridized carbons (Fsp3) is 0.172. The van der Waals surface area contributed by atoms with E-state index in [2.05, 4.69) is 63.5 Å². The van der Waals surface area contributed by atoms with E-state index in [-0.39, 0.29) is 5.69 Å². The van der Waals surface area contributed by atoms with Crippen molar-refractivity contribution in [2.75, 3.05) is 0 Å². The summed E-state index contributed by atoms with van der Waals surface area (Å²) in [5.41, 5.74) is 5.54. The third-order valence-corrected chi connectivity index (χ3v) is 7.14. The van der Waals surface area contributed by atoms with Crippen LogP contribution in [0.4, 0.5) is 4.39 Å². The molecule has 0 saturated heterocycles. The Morgan fingerprint density at radius 3 is 2.74 bits per heavy atom. The van der Waals surface area contributed by atoms with E-state index in [4.69, 9.17) is 4.98 Å². The Bertz CT molecular complexity index is 1730. The number of fused-ring (bicyclic) bond motifs is 2. The second-order valence-electron chi connectivity index (χ2n) is 8.86. The summed E-state index contributed by atoms with van der Waals surface area (Å²) in [6.45, 7) is 13.9. The summed E-state index contributed by atoms with van der Waals surface area (Å²) in [4.78, 5) is 19.3. The van der Waals surface area contributed by atoms with E-state index in [0.29, 0.717) is 39.2 Å². The Kier molecular flexibility index (Phi) is 7.02. The Morgan fingerprint density at radius 1 is 1.18 bits per heavy atom. The third kappa shape index (κ3) is 4.68. The largest absolute Gasteiger partial charge is 0.359 e. The second kappa shape index (κ2) is 10.5. The molecule has 0 bridgehead atoms. The van der Waals surface area contributed by atoms with Crippen LogP contribution in [0.5, 0.6) is 0 Å². The first-order chi connectivity index (χ1) is 18.4. The van der Waals surface area contributed by atoms with E-state index in [1.54, 1.807) is 29.8 Å². The van der Waals surface area contributed by atoms with Crippen molar-refractivity contribution in [3.05, 3.63) is 89.8 Å². The van der Waals surface area contributed by atoms with Crippen LogP contribution in [-0.2, 0) is 0 Å². The maximum atomic E-state index is 16.1. The zero-order valence-corrected chi connectivity index (χ0v) is 22.3. The quantitative estimate of drug-likeness (QED) is 0.174. The first-order valence-corrected chi connectivity index (χ1v) is 13.1. The standard InChI is InChI=1S/C29H28FN7S/c1-6-9-16(4)33-19(8-3)14-18(7-2)25-24(30)23-21(15-32-25)36-37-28(23)29-34-20-12-13-31-27(26(20)35-29)22-11-10-17(5)38-22/h7-8,10-15,33H,3-4,6,9H2,1-2,5H3,(H,34,35)(H,36,37)/b18-7+,19-14+. The van der Waals surface area contributed by atoms with Crippen molar-refractivity contribution in [1.29, 1.82) is 0 Å². The number of aromatic amines is 2. The molecule has 0 aliphatic rings. The number of H-pyrrole nitrogens is 2. The van der Waals surface area contributed by atoms with Crippen LogP contribution in [0.1, 0.15) is 37.3 Å². The van der Waals surface area contributed by atoms with Crippen molar-refractivity contribution in [2.24, 2.45) is 0 Å². The summed E-state index contributed by atoms with van der Waals surface area (Å²) >= 11 is 1.65. The second-order valence-corrected chi connectivity index (χ2v) is 10.1. The van der Waals surface area contributed by atoms with Crippen molar-refractivity contribution < 1.29 is 4.39 Å². The predicted octanol–water partition coefficient (Wildman–Crippen LogP) is 7.45.